The molecule has 0 atom stereocenters. The highest BCUT2D eigenvalue weighted by Crippen LogP contribution is 2.28. The van der Waals surface area contributed by atoms with Gasteiger partial charge in [-0.15, -0.1) is 0 Å². The predicted molar refractivity (Wildman–Crippen MR) is 110 cm³/mol. The Hall–Kier alpha value is -3.54. The van der Waals surface area contributed by atoms with E-state index in [1.54, 1.807) is 31.4 Å². The Kier molecular flexibility index (Phi) is 4.39. The number of rotatable bonds is 3. The number of aromatic nitrogens is 4. The average molecular weight is 371 g/mol. The molecular formula is C22H21N5O. The maximum absolute atomic E-state index is 12.8. The second kappa shape index (κ2) is 6.88. The van der Waals surface area contributed by atoms with E-state index in [0.717, 1.165) is 39.0 Å². The van der Waals surface area contributed by atoms with Gasteiger partial charge in [0, 0.05) is 43.6 Å². The van der Waals surface area contributed by atoms with Gasteiger partial charge >= 0.3 is 0 Å². The number of aryl methyl sites for hydroxylation is 2. The third-order valence-electron chi connectivity index (χ3n) is 4.79. The minimum absolute atomic E-state index is 0.0448. The highest BCUT2D eigenvalue weighted by atomic mass is 16.2. The SMILES string of the molecule is Cc1cnccc1-n1cc(-c2cc(C(=O)N(C)C)c3cccc(C)c3n2)cn1. The number of carbonyl (C=O) groups excluding carboxylic acids is 1. The fraction of sp³-hybridized carbons (Fsp3) is 0.182. The van der Waals surface area contributed by atoms with Crippen molar-refractivity contribution in [2.75, 3.05) is 14.1 Å². The summed E-state index contributed by atoms with van der Waals surface area (Å²) in [6.45, 7) is 4.00. The van der Waals surface area contributed by atoms with E-state index >= 15 is 0 Å². The van der Waals surface area contributed by atoms with Gasteiger partial charge in [-0.1, -0.05) is 18.2 Å². The van der Waals surface area contributed by atoms with Crippen LogP contribution in [0.3, 0.4) is 0 Å². The molecule has 0 radical (unpaired) electrons. The Labute approximate surface area is 163 Å². The third-order valence-corrected chi connectivity index (χ3v) is 4.79. The number of carbonyl (C=O) groups is 1. The summed E-state index contributed by atoms with van der Waals surface area (Å²) >= 11 is 0. The van der Waals surface area contributed by atoms with Gasteiger partial charge in [-0.3, -0.25) is 9.78 Å². The smallest absolute Gasteiger partial charge is 0.254 e. The fourth-order valence-electron chi connectivity index (χ4n) is 3.27. The maximum atomic E-state index is 12.8. The first-order valence-electron chi connectivity index (χ1n) is 9.04. The van der Waals surface area contributed by atoms with Gasteiger partial charge in [0.1, 0.15) is 0 Å². The summed E-state index contributed by atoms with van der Waals surface area (Å²) in [6, 6.07) is 9.68. The Balaban J connectivity index is 1.89. The monoisotopic (exact) mass is 371 g/mol. The van der Waals surface area contributed by atoms with Crippen LogP contribution < -0.4 is 0 Å². The summed E-state index contributed by atoms with van der Waals surface area (Å²) in [5.41, 5.74) is 6.08. The molecule has 1 aromatic carbocycles. The van der Waals surface area contributed by atoms with Crippen molar-refractivity contribution < 1.29 is 4.79 Å². The minimum Gasteiger partial charge on any atom is -0.345 e. The van der Waals surface area contributed by atoms with Crippen molar-refractivity contribution >= 4 is 16.8 Å². The molecule has 0 saturated carbocycles. The summed E-state index contributed by atoms with van der Waals surface area (Å²) < 4.78 is 1.81. The number of benzene rings is 1. The van der Waals surface area contributed by atoms with Gasteiger partial charge in [-0.2, -0.15) is 5.10 Å². The van der Waals surface area contributed by atoms with E-state index in [1.165, 1.54) is 0 Å². The van der Waals surface area contributed by atoms with Crippen molar-refractivity contribution in [3.63, 3.8) is 0 Å². The van der Waals surface area contributed by atoms with Crippen molar-refractivity contribution in [1.82, 2.24) is 24.6 Å². The molecule has 0 unspecified atom stereocenters. The molecule has 4 rings (SSSR count). The third kappa shape index (κ3) is 3.03. The van der Waals surface area contributed by atoms with Gasteiger partial charge in [0.2, 0.25) is 0 Å². The molecule has 0 aliphatic heterocycles. The lowest BCUT2D eigenvalue weighted by Gasteiger charge is -2.14. The number of hydrogen-bond acceptors (Lipinski definition) is 4. The molecule has 3 aromatic heterocycles. The minimum atomic E-state index is -0.0448. The highest BCUT2D eigenvalue weighted by Gasteiger charge is 2.17. The lowest BCUT2D eigenvalue weighted by molar-refractivity contribution is 0.0829. The van der Waals surface area contributed by atoms with Crippen molar-refractivity contribution in [2.45, 2.75) is 13.8 Å². The molecule has 140 valence electrons. The van der Waals surface area contributed by atoms with Gasteiger partial charge in [-0.25, -0.2) is 9.67 Å². The van der Waals surface area contributed by atoms with Gasteiger partial charge < -0.3 is 4.90 Å². The molecule has 1 amide bonds. The fourth-order valence-corrected chi connectivity index (χ4v) is 3.27. The molecule has 4 aromatic rings. The first kappa shape index (κ1) is 17.9. The van der Waals surface area contributed by atoms with Crippen molar-refractivity contribution in [3.05, 3.63) is 71.8 Å². The van der Waals surface area contributed by atoms with E-state index in [2.05, 4.69) is 10.1 Å². The van der Waals surface area contributed by atoms with Crippen molar-refractivity contribution in [2.24, 2.45) is 0 Å². The van der Waals surface area contributed by atoms with E-state index in [1.807, 2.05) is 61.3 Å². The van der Waals surface area contributed by atoms with Gasteiger partial charge in [0.15, 0.2) is 0 Å². The number of para-hydroxylation sites is 1. The summed E-state index contributed by atoms with van der Waals surface area (Å²) in [6.07, 6.45) is 7.26. The van der Waals surface area contributed by atoms with E-state index < -0.39 is 0 Å². The van der Waals surface area contributed by atoms with Crippen LogP contribution in [-0.2, 0) is 0 Å². The molecule has 0 saturated heterocycles. The molecule has 3 heterocycles. The number of amides is 1. The van der Waals surface area contributed by atoms with E-state index in [0.29, 0.717) is 5.56 Å². The van der Waals surface area contributed by atoms with Crippen LogP contribution >= 0.6 is 0 Å². The summed E-state index contributed by atoms with van der Waals surface area (Å²) in [7, 11) is 3.52. The van der Waals surface area contributed by atoms with E-state index in [9.17, 15) is 4.79 Å². The second-order valence-electron chi connectivity index (χ2n) is 7.06. The number of pyridine rings is 2. The van der Waals surface area contributed by atoms with Gasteiger partial charge in [0.05, 0.1) is 28.7 Å². The lowest BCUT2D eigenvalue weighted by Crippen LogP contribution is -2.22. The van der Waals surface area contributed by atoms with Crippen LogP contribution in [0.5, 0.6) is 0 Å². The Bertz CT molecular complexity index is 1190. The lowest BCUT2D eigenvalue weighted by atomic mass is 10.0. The molecule has 6 nitrogen and oxygen atoms in total. The summed E-state index contributed by atoms with van der Waals surface area (Å²) in [5, 5.41) is 5.35. The zero-order valence-corrected chi connectivity index (χ0v) is 16.3. The molecule has 0 spiro atoms. The van der Waals surface area contributed by atoms with Crippen LogP contribution in [0.2, 0.25) is 0 Å². The molecular weight excluding hydrogens is 350 g/mol. The van der Waals surface area contributed by atoms with Gasteiger partial charge in [0.25, 0.3) is 5.91 Å². The molecule has 0 aliphatic carbocycles. The zero-order valence-electron chi connectivity index (χ0n) is 16.3. The van der Waals surface area contributed by atoms with Crippen molar-refractivity contribution in [1.29, 1.82) is 0 Å². The summed E-state index contributed by atoms with van der Waals surface area (Å²) in [4.78, 5) is 23.4. The summed E-state index contributed by atoms with van der Waals surface area (Å²) in [5.74, 6) is -0.0448. The molecule has 0 aliphatic rings. The zero-order chi connectivity index (χ0) is 19.8. The Morgan fingerprint density at radius 1 is 1.07 bits per heavy atom. The van der Waals surface area contributed by atoms with Crippen LogP contribution in [0.25, 0.3) is 27.8 Å². The maximum Gasteiger partial charge on any atom is 0.254 e. The van der Waals surface area contributed by atoms with Crippen LogP contribution in [0.4, 0.5) is 0 Å². The molecule has 0 fully saturated rings. The quantitative estimate of drug-likeness (QED) is 0.549. The second-order valence-corrected chi connectivity index (χ2v) is 7.06. The first-order valence-corrected chi connectivity index (χ1v) is 9.04. The molecule has 28 heavy (non-hydrogen) atoms. The standard InChI is InChI=1S/C22H21N5O/c1-14-6-5-7-17-18(22(28)26(3)4)10-19(25-21(14)17)16-12-24-27(13-16)20-8-9-23-11-15(20)2/h5-13H,1-4H3. The first-order chi connectivity index (χ1) is 13.5. The topological polar surface area (TPSA) is 63.9 Å². The molecule has 0 N–H and O–H groups in total. The highest BCUT2D eigenvalue weighted by molar-refractivity contribution is 6.07. The van der Waals surface area contributed by atoms with Crippen LogP contribution in [0.15, 0.2) is 55.1 Å². The van der Waals surface area contributed by atoms with Crippen LogP contribution in [0.1, 0.15) is 21.5 Å². The molecule has 0 bridgehead atoms. The normalized spacial score (nSPS) is 11.0. The van der Waals surface area contributed by atoms with Crippen LogP contribution in [-0.4, -0.2) is 44.7 Å². The number of nitrogens with zero attached hydrogens (tertiary/aromatic N) is 5. The Morgan fingerprint density at radius 3 is 2.64 bits per heavy atom. The molecule has 6 heteroatoms. The van der Waals surface area contributed by atoms with Gasteiger partial charge in [-0.05, 0) is 37.1 Å². The number of fused-ring (bicyclic) bond motifs is 1. The Morgan fingerprint density at radius 2 is 1.89 bits per heavy atom. The van der Waals surface area contributed by atoms with E-state index in [4.69, 9.17) is 4.98 Å². The van der Waals surface area contributed by atoms with Crippen LogP contribution in [0, 0.1) is 13.8 Å². The average Bonchev–Trinajstić information content (AvgIpc) is 3.17. The van der Waals surface area contributed by atoms with E-state index in [-0.39, 0.29) is 5.91 Å². The predicted octanol–water partition coefficient (Wildman–Crippen LogP) is 3.80. The number of hydrogen-bond donors (Lipinski definition) is 0. The largest absolute Gasteiger partial charge is 0.345 e. The van der Waals surface area contributed by atoms with Crippen molar-refractivity contribution in [3.8, 4) is 16.9 Å².